The zero-order chi connectivity index (χ0) is 23.5. The lowest BCUT2D eigenvalue weighted by molar-refractivity contribution is 0.00955. The molecule has 1 aliphatic carbocycles. The SMILES string of the molecule is CC(C)(C)OC(=O)N(c1ncccc1[C@@H]1CCCCN1C(=O)OC(C)(C)C)C1CCCC1. The van der Waals surface area contributed by atoms with Crippen molar-refractivity contribution in [3.63, 3.8) is 0 Å². The summed E-state index contributed by atoms with van der Waals surface area (Å²) in [7, 11) is 0. The molecular weight excluding hydrogens is 406 g/mol. The van der Waals surface area contributed by atoms with E-state index in [1.165, 1.54) is 0 Å². The van der Waals surface area contributed by atoms with Gasteiger partial charge in [-0.05, 0) is 79.7 Å². The van der Waals surface area contributed by atoms with Gasteiger partial charge < -0.3 is 14.4 Å². The molecule has 7 heteroatoms. The molecular formula is C25H39N3O4. The summed E-state index contributed by atoms with van der Waals surface area (Å²) >= 11 is 0. The number of rotatable bonds is 3. The number of carbonyl (C=O) groups is 2. The van der Waals surface area contributed by atoms with Crippen molar-refractivity contribution in [3.8, 4) is 0 Å². The molecule has 2 heterocycles. The van der Waals surface area contributed by atoms with E-state index in [1.807, 2.05) is 53.7 Å². The molecule has 1 aromatic heterocycles. The smallest absolute Gasteiger partial charge is 0.416 e. The van der Waals surface area contributed by atoms with Crippen LogP contribution in [0.15, 0.2) is 18.3 Å². The third-order valence-corrected chi connectivity index (χ3v) is 5.81. The van der Waals surface area contributed by atoms with E-state index in [0.29, 0.717) is 12.4 Å². The Morgan fingerprint density at radius 2 is 1.59 bits per heavy atom. The lowest BCUT2D eigenvalue weighted by atomic mass is 9.95. The van der Waals surface area contributed by atoms with Gasteiger partial charge >= 0.3 is 12.2 Å². The number of pyridine rings is 1. The molecule has 2 amide bonds. The molecule has 1 aromatic rings. The Morgan fingerprint density at radius 3 is 2.22 bits per heavy atom. The molecule has 1 saturated heterocycles. The largest absolute Gasteiger partial charge is 0.444 e. The molecule has 0 N–H and O–H groups in total. The molecule has 7 nitrogen and oxygen atoms in total. The van der Waals surface area contributed by atoms with Crippen molar-refractivity contribution in [1.82, 2.24) is 9.88 Å². The molecule has 178 valence electrons. The monoisotopic (exact) mass is 445 g/mol. The molecule has 2 aliphatic rings. The molecule has 0 spiro atoms. The Bertz CT molecular complexity index is 806. The number of ether oxygens (including phenoxy) is 2. The molecule has 1 saturated carbocycles. The van der Waals surface area contributed by atoms with Gasteiger partial charge in [-0.3, -0.25) is 4.90 Å². The number of hydrogen-bond donors (Lipinski definition) is 0. The van der Waals surface area contributed by atoms with Crippen molar-refractivity contribution in [2.45, 2.75) is 110 Å². The Balaban J connectivity index is 1.98. The second-order valence-corrected chi connectivity index (χ2v) is 10.9. The Morgan fingerprint density at radius 1 is 0.969 bits per heavy atom. The summed E-state index contributed by atoms with van der Waals surface area (Å²) in [5, 5.41) is 0. The predicted octanol–water partition coefficient (Wildman–Crippen LogP) is 6.23. The van der Waals surface area contributed by atoms with Crippen molar-refractivity contribution >= 4 is 18.0 Å². The van der Waals surface area contributed by atoms with Crippen LogP contribution in [0.2, 0.25) is 0 Å². The van der Waals surface area contributed by atoms with E-state index in [4.69, 9.17) is 9.47 Å². The van der Waals surface area contributed by atoms with Gasteiger partial charge in [-0.2, -0.15) is 0 Å². The molecule has 3 rings (SSSR count). The van der Waals surface area contributed by atoms with E-state index >= 15 is 0 Å². The van der Waals surface area contributed by atoms with Crippen LogP contribution in [0.4, 0.5) is 15.4 Å². The van der Waals surface area contributed by atoms with Gasteiger partial charge in [0.15, 0.2) is 0 Å². The number of amides is 2. The maximum Gasteiger partial charge on any atom is 0.416 e. The highest BCUT2D eigenvalue weighted by Crippen LogP contribution is 2.39. The maximum atomic E-state index is 13.3. The summed E-state index contributed by atoms with van der Waals surface area (Å²) in [6, 6.07) is 3.73. The summed E-state index contributed by atoms with van der Waals surface area (Å²) in [4.78, 5) is 34.6. The number of nitrogens with zero attached hydrogens (tertiary/aromatic N) is 3. The minimum Gasteiger partial charge on any atom is -0.444 e. The summed E-state index contributed by atoms with van der Waals surface area (Å²) in [6.45, 7) is 11.9. The second-order valence-electron chi connectivity index (χ2n) is 10.9. The van der Waals surface area contributed by atoms with Crippen LogP contribution in [0.3, 0.4) is 0 Å². The number of hydrogen-bond acceptors (Lipinski definition) is 5. The van der Waals surface area contributed by atoms with Crippen LogP contribution in [0.1, 0.15) is 98.1 Å². The predicted molar refractivity (Wildman–Crippen MR) is 125 cm³/mol. The molecule has 0 unspecified atom stereocenters. The first kappa shape index (κ1) is 24.3. The van der Waals surface area contributed by atoms with Gasteiger partial charge in [-0.1, -0.05) is 18.9 Å². The summed E-state index contributed by atoms with van der Waals surface area (Å²) in [6.07, 6.45) is 7.80. The Kier molecular flexibility index (Phi) is 7.36. The molecule has 0 bridgehead atoms. The average molecular weight is 446 g/mol. The van der Waals surface area contributed by atoms with Gasteiger partial charge in [0, 0.05) is 24.3 Å². The van der Waals surface area contributed by atoms with Crippen LogP contribution in [-0.2, 0) is 9.47 Å². The first-order chi connectivity index (χ1) is 15.0. The van der Waals surface area contributed by atoms with Crippen LogP contribution in [0, 0.1) is 0 Å². The third kappa shape index (κ3) is 6.14. The number of piperidine rings is 1. The molecule has 0 aromatic carbocycles. The van der Waals surface area contributed by atoms with Crippen molar-refractivity contribution in [1.29, 1.82) is 0 Å². The third-order valence-electron chi connectivity index (χ3n) is 5.81. The summed E-state index contributed by atoms with van der Waals surface area (Å²) in [5.41, 5.74) is -0.282. The number of aromatic nitrogens is 1. The first-order valence-electron chi connectivity index (χ1n) is 11.9. The van der Waals surface area contributed by atoms with Gasteiger partial charge in [0.2, 0.25) is 0 Å². The van der Waals surface area contributed by atoms with Gasteiger partial charge in [0.1, 0.15) is 17.0 Å². The fourth-order valence-electron chi connectivity index (χ4n) is 4.55. The molecule has 1 atom stereocenters. The zero-order valence-electron chi connectivity index (χ0n) is 20.5. The summed E-state index contributed by atoms with van der Waals surface area (Å²) < 4.78 is 11.5. The van der Waals surface area contributed by atoms with Gasteiger partial charge in [-0.25, -0.2) is 14.6 Å². The van der Waals surface area contributed by atoms with Gasteiger partial charge in [0.05, 0.1) is 6.04 Å². The van der Waals surface area contributed by atoms with Crippen LogP contribution >= 0.6 is 0 Å². The molecule has 1 aliphatic heterocycles. The fraction of sp³-hybridized carbons (Fsp3) is 0.720. The van der Waals surface area contributed by atoms with E-state index in [1.54, 1.807) is 16.0 Å². The van der Waals surface area contributed by atoms with Gasteiger partial charge in [0.25, 0.3) is 0 Å². The van der Waals surface area contributed by atoms with Crippen molar-refractivity contribution < 1.29 is 19.1 Å². The average Bonchev–Trinajstić information content (AvgIpc) is 3.20. The lowest BCUT2D eigenvalue weighted by Crippen LogP contribution is -2.45. The second kappa shape index (κ2) is 9.67. The number of likely N-dealkylation sites (tertiary alicyclic amines) is 1. The fourth-order valence-corrected chi connectivity index (χ4v) is 4.55. The summed E-state index contributed by atoms with van der Waals surface area (Å²) in [5.74, 6) is 0.606. The number of anilines is 1. The molecule has 0 radical (unpaired) electrons. The van der Waals surface area contributed by atoms with Crippen molar-refractivity contribution in [3.05, 3.63) is 23.9 Å². The highest BCUT2D eigenvalue weighted by Gasteiger charge is 2.38. The molecule has 2 fully saturated rings. The minimum absolute atomic E-state index is 0.0528. The minimum atomic E-state index is -0.601. The van der Waals surface area contributed by atoms with Gasteiger partial charge in [-0.15, -0.1) is 0 Å². The normalized spacial score (nSPS) is 20.2. The van der Waals surface area contributed by atoms with Crippen LogP contribution in [-0.4, -0.2) is 45.9 Å². The Hall–Kier alpha value is -2.31. The van der Waals surface area contributed by atoms with Crippen LogP contribution in [0.25, 0.3) is 0 Å². The first-order valence-corrected chi connectivity index (χ1v) is 11.9. The van der Waals surface area contributed by atoms with E-state index in [0.717, 1.165) is 50.5 Å². The van der Waals surface area contributed by atoms with Crippen molar-refractivity contribution in [2.24, 2.45) is 0 Å². The van der Waals surface area contributed by atoms with E-state index in [9.17, 15) is 9.59 Å². The highest BCUT2D eigenvalue weighted by molar-refractivity contribution is 5.88. The van der Waals surface area contributed by atoms with Crippen LogP contribution in [0.5, 0.6) is 0 Å². The van der Waals surface area contributed by atoms with E-state index in [2.05, 4.69) is 4.98 Å². The standard InChI is InChI=1S/C25H39N3O4/c1-24(2,3)31-22(29)27-17-10-9-15-20(27)19-14-11-16-26-21(19)28(18-12-7-8-13-18)23(30)32-25(4,5)6/h11,14,16,18,20H,7-10,12-13,15,17H2,1-6H3/t20-/m0/s1. The highest BCUT2D eigenvalue weighted by atomic mass is 16.6. The quantitative estimate of drug-likeness (QED) is 0.552. The number of carbonyl (C=O) groups excluding carboxylic acids is 2. The lowest BCUT2D eigenvalue weighted by Gasteiger charge is -2.39. The van der Waals surface area contributed by atoms with Crippen LogP contribution < -0.4 is 4.90 Å². The van der Waals surface area contributed by atoms with E-state index in [-0.39, 0.29) is 24.3 Å². The van der Waals surface area contributed by atoms with Crippen molar-refractivity contribution in [2.75, 3.05) is 11.4 Å². The molecule has 32 heavy (non-hydrogen) atoms. The maximum absolute atomic E-state index is 13.3. The zero-order valence-corrected chi connectivity index (χ0v) is 20.5. The van der Waals surface area contributed by atoms with E-state index < -0.39 is 11.2 Å². The topological polar surface area (TPSA) is 72.0 Å². The Labute approximate surface area is 192 Å².